The summed E-state index contributed by atoms with van der Waals surface area (Å²) >= 11 is 0. The number of anilines is 1. The maximum Gasteiger partial charge on any atom is 0.265 e. The molecule has 6 N–H and O–H groups in total. The van der Waals surface area contributed by atoms with Crippen LogP contribution in [0.5, 0.6) is 0 Å². The largest absolute Gasteiger partial charge is 0.370 e. The topological polar surface area (TPSA) is 103 Å². The lowest BCUT2D eigenvalue weighted by molar-refractivity contribution is 0.0938. The van der Waals surface area contributed by atoms with Gasteiger partial charge in [0.15, 0.2) is 5.96 Å². The fourth-order valence-electron chi connectivity index (χ4n) is 1.08. The summed E-state index contributed by atoms with van der Waals surface area (Å²) in [5.74, 6) is -0.411. The van der Waals surface area contributed by atoms with E-state index in [4.69, 9.17) is 11.1 Å². The fraction of sp³-hybridized carbons (Fsp3) is 0.111. The van der Waals surface area contributed by atoms with E-state index in [2.05, 4.69) is 16.2 Å². The molecule has 0 radical (unpaired) electrons. The Labute approximate surface area is 87.3 Å². The molecule has 1 aromatic carbocycles. The van der Waals surface area contributed by atoms with Gasteiger partial charge in [-0.15, -0.1) is 0 Å². The predicted molar refractivity (Wildman–Crippen MR) is 58.5 cm³/mol. The molecule has 0 fully saturated rings. The van der Waals surface area contributed by atoms with Gasteiger partial charge in [-0.05, 0) is 18.2 Å². The quantitative estimate of drug-likeness (QED) is 0.270. The molecule has 6 heteroatoms. The highest BCUT2D eigenvalue weighted by Gasteiger charge is 2.04. The van der Waals surface area contributed by atoms with Crippen LogP contribution in [0.15, 0.2) is 24.3 Å². The van der Waals surface area contributed by atoms with Crippen LogP contribution in [0.1, 0.15) is 10.4 Å². The second-order valence-electron chi connectivity index (χ2n) is 2.82. The number of hydrazine groups is 1. The number of amides is 1. The molecule has 80 valence electrons. The molecule has 0 aliphatic rings. The molecule has 0 spiro atoms. The summed E-state index contributed by atoms with van der Waals surface area (Å²) in [6, 6.07) is 6.69. The smallest absolute Gasteiger partial charge is 0.265 e. The Balaban J connectivity index is 2.82. The molecule has 0 atom stereocenters. The minimum absolute atomic E-state index is 0.166. The Kier molecular flexibility index (Phi) is 3.64. The van der Waals surface area contributed by atoms with E-state index < -0.39 is 0 Å². The Bertz CT molecular complexity index is 377. The van der Waals surface area contributed by atoms with Crippen LogP contribution in [0.3, 0.4) is 0 Å². The molecule has 0 saturated carbocycles. The summed E-state index contributed by atoms with van der Waals surface area (Å²) in [6.45, 7) is 0. The maximum absolute atomic E-state index is 11.4. The first-order chi connectivity index (χ1) is 7.13. The lowest BCUT2D eigenvalue weighted by Gasteiger charge is -2.06. The Hall–Kier alpha value is -2.08. The van der Waals surface area contributed by atoms with E-state index in [0.29, 0.717) is 11.3 Å². The van der Waals surface area contributed by atoms with Crippen molar-refractivity contribution < 1.29 is 4.79 Å². The Morgan fingerprint density at radius 1 is 1.47 bits per heavy atom. The van der Waals surface area contributed by atoms with Gasteiger partial charge in [-0.3, -0.25) is 15.6 Å². The van der Waals surface area contributed by atoms with Crippen molar-refractivity contribution in [1.29, 1.82) is 5.41 Å². The van der Waals surface area contributed by atoms with Crippen molar-refractivity contribution in [2.24, 2.45) is 5.73 Å². The van der Waals surface area contributed by atoms with E-state index >= 15 is 0 Å². The van der Waals surface area contributed by atoms with E-state index in [1.807, 2.05) is 0 Å². The number of guanidine groups is 1. The van der Waals surface area contributed by atoms with Crippen molar-refractivity contribution in [3.8, 4) is 0 Å². The monoisotopic (exact) mass is 207 g/mol. The predicted octanol–water partition coefficient (Wildman–Crippen LogP) is -0.144. The first kappa shape index (κ1) is 11.0. The molecule has 1 amide bonds. The lowest BCUT2D eigenvalue weighted by Crippen LogP contribution is -2.34. The van der Waals surface area contributed by atoms with Gasteiger partial charge in [0.2, 0.25) is 0 Å². The van der Waals surface area contributed by atoms with Crippen LogP contribution in [0.4, 0.5) is 5.69 Å². The third kappa shape index (κ3) is 3.28. The van der Waals surface area contributed by atoms with Crippen molar-refractivity contribution in [3.63, 3.8) is 0 Å². The Morgan fingerprint density at radius 3 is 2.80 bits per heavy atom. The SMILES string of the molecule is CNNC(=O)c1cccc(NC(=N)N)c1. The molecule has 15 heavy (non-hydrogen) atoms. The molecule has 0 aliphatic heterocycles. The second-order valence-corrected chi connectivity index (χ2v) is 2.82. The van der Waals surface area contributed by atoms with E-state index in [0.717, 1.165) is 0 Å². The highest BCUT2D eigenvalue weighted by molar-refractivity contribution is 5.96. The minimum atomic E-state index is -0.246. The summed E-state index contributed by atoms with van der Waals surface area (Å²) in [5, 5.41) is 9.65. The molecule has 0 unspecified atom stereocenters. The van der Waals surface area contributed by atoms with Gasteiger partial charge in [-0.25, -0.2) is 5.43 Å². The fourth-order valence-corrected chi connectivity index (χ4v) is 1.08. The van der Waals surface area contributed by atoms with Gasteiger partial charge in [-0.1, -0.05) is 6.07 Å². The zero-order valence-corrected chi connectivity index (χ0v) is 8.29. The van der Waals surface area contributed by atoms with Gasteiger partial charge >= 0.3 is 0 Å². The van der Waals surface area contributed by atoms with E-state index in [1.165, 1.54) is 0 Å². The van der Waals surface area contributed by atoms with Gasteiger partial charge in [0, 0.05) is 18.3 Å². The molecule has 1 aromatic rings. The molecular formula is C9H13N5O. The van der Waals surface area contributed by atoms with Crippen LogP contribution in [0.2, 0.25) is 0 Å². The highest BCUT2D eigenvalue weighted by atomic mass is 16.2. The van der Waals surface area contributed by atoms with Gasteiger partial charge in [0.05, 0.1) is 0 Å². The van der Waals surface area contributed by atoms with Crippen molar-refractivity contribution >= 4 is 17.6 Å². The Morgan fingerprint density at radius 2 is 2.20 bits per heavy atom. The average molecular weight is 207 g/mol. The number of carbonyl (C=O) groups excluding carboxylic acids is 1. The lowest BCUT2D eigenvalue weighted by atomic mass is 10.2. The van der Waals surface area contributed by atoms with Gasteiger partial charge in [-0.2, -0.15) is 0 Å². The minimum Gasteiger partial charge on any atom is -0.370 e. The number of rotatable bonds is 3. The number of hydrogen-bond donors (Lipinski definition) is 5. The van der Waals surface area contributed by atoms with Gasteiger partial charge < -0.3 is 11.1 Å². The zero-order chi connectivity index (χ0) is 11.3. The maximum atomic E-state index is 11.4. The van der Waals surface area contributed by atoms with Crippen LogP contribution in [0, 0.1) is 5.41 Å². The molecule has 0 saturated heterocycles. The average Bonchev–Trinajstić information content (AvgIpc) is 2.17. The summed E-state index contributed by atoms with van der Waals surface area (Å²) < 4.78 is 0. The molecule has 1 rings (SSSR count). The van der Waals surface area contributed by atoms with E-state index in [1.54, 1.807) is 31.3 Å². The number of carbonyl (C=O) groups is 1. The first-order valence-electron chi connectivity index (χ1n) is 4.31. The number of hydrogen-bond acceptors (Lipinski definition) is 3. The van der Waals surface area contributed by atoms with Crippen LogP contribution >= 0.6 is 0 Å². The highest BCUT2D eigenvalue weighted by Crippen LogP contribution is 2.09. The number of benzene rings is 1. The van der Waals surface area contributed by atoms with Crippen molar-refractivity contribution in [1.82, 2.24) is 10.9 Å². The zero-order valence-electron chi connectivity index (χ0n) is 8.29. The second kappa shape index (κ2) is 4.97. The molecule has 0 aromatic heterocycles. The van der Waals surface area contributed by atoms with E-state index in [9.17, 15) is 4.79 Å². The van der Waals surface area contributed by atoms with Crippen molar-refractivity contribution in [2.45, 2.75) is 0 Å². The molecular weight excluding hydrogens is 194 g/mol. The molecule has 6 nitrogen and oxygen atoms in total. The summed E-state index contributed by atoms with van der Waals surface area (Å²) in [4.78, 5) is 11.4. The summed E-state index contributed by atoms with van der Waals surface area (Å²) in [5.41, 5.74) is 11.2. The molecule has 0 heterocycles. The van der Waals surface area contributed by atoms with Crippen LogP contribution in [0.25, 0.3) is 0 Å². The van der Waals surface area contributed by atoms with Crippen molar-refractivity contribution in [3.05, 3.63) is 29.8 Å². The molecule has 0 bridgehead atoms. The summed E-state index contributed by atoms with van der Waals surface area (Å²) in [7, 11) is 1.61. The molecule has 0 aliphatic carbocycles. The van der Waals surface area contributed by atoms with Crippen LogP contribution in [-0.2, 0) is 0 Å². The first-order valence-corrected chi connectivity index (χ1v) is 4.31. The van der Waals surface area contributed by atoms with Crippen LogP contribution < -0.4 is 21.9 Å². The summed E-state index contributed by atoms with van der Waals surface area (Å²) in [6.07, 6.45) is 0. The van der Waals surface area contributed by atoms with Gasteiger partial charge in [0.25, 0.3) is 5.91 Å². The normalized spacial score (nSPS) is 9.40. The third-order valence-electron chi connectivity index (χ3n) is 1.64. The van der Waals surface area contributed by atoms with E-state index in [-0.39, 0.29) is 11.9 Å². The third-order valence-corrected chi connectivity index (χ3v) is 1.64. The standard InChI is InChI=1S/C9H13N5O/c1-12-14-8(15)6-3-2-4-7(5-6)13-9(10)11/h2-5,12H,1H3,(H,14,15)(H4,10,11,13). The number of nitrogens with one attached hydrogen (secondary N) is 4. The van der Waals surface area contributed by atoms with Gasteiger partial charge in [0.1, 0.15) is 0 Å². The number of nitrogens with two attached hydrogens (primary N) is 1. The van der Waals surface area contributed by atoms with Crippen LogP contribution in [-0.4, -0.2) is 18.9 Å². The van der Waals surface area contributed by atoms with Crippen molar-refractivity contribution in [2.75, 3.05) is 12.4 Å².